The number of nitrogens with one attached hydrogen (secondary N) is 1. The highest BCUT2D eigenvalue weighted by Gasteiger charge is 2.32. The molecule has 4 amide bonds. The van der Waals surface area contributed by atoms with E-state index < -0.39 is 0 Å². The van der Waals surface area contributed by atoms with Gasteiger partial charge >= 0.3 is 6.03 Å². The van der Waals surface area contributed by atoms with E-state index in [1.54, 1.807) is 25.4 Å². The van der Waals surface area contributed by atoms with Gasteiger partial charge in [0.1, 0.15) is 18.1 Å². The minimum Gasteiger partial charge on any atom is -0.439 e. The lowest BCUT2D eigenvalue weighted by atomic mass is 10.2. The number of pyridine rings is 1. The molecule has 1 N–H and O–H groups in total. The third kappa shape index (κ3) is 5.50. The van der Waals surface area contributed by atoms with Gasteiger partial charge in [0.15, 0.2) is 0 Å². The van der Waals surface area contributed by atoms with Gasteiger partial charge in [-0.25, -0.2) is 14.2 Å². The second-order valence-corrected chi connectivity index (χ2v) is 6.62. The molecule has 0 aliphatic carbocycles. The van der Waals surface area contributed by atoms with Gasteiger partial charge in [-0.05, 0) is 42.3 Å². The highest BCUT2D eigenvalue weighted by molar-refractivity contribution is 6.01. The number of urea groups is 1. The van der Waals surface area contributed by atoms with Gasteiger partial charge in [-0.1, -0.05) is 0 Å². The third-order valence-corrected chi connectivity index (χ3v) is 4.34. The van der Waals surface area contributed by atoms with E-state index >= 15 is 0 Å². The van der Waals surface area contributed by atoms with E-state index in [1.165, 1.54) is 29.2 Å². The summed E-state index contributed by atoms with van der Waals surface area (Å²) in [6.45, 7) is 0.585. The number of hydrogen-bond donors (Lipinski definition) is 1. The summed E-state index contributed by atoms with van der Waals surface area (Å²) in [6, 6.07) is 8.68. The molecule has 0 atom stereocenters. The first kappa shape index (κ1) is 20.2. The fraction of sp³-hybridized carbons (Fsp3) is 0.300. The average Bonchev–Trinajstić information content (AvgIpc) is 2.94. The van der Waals surface area contributed by atoms with Crippen molar-refractivity contribution in [3.63, 3.8) is 0 Å². The van der Waals surface area contributed by atoms with Gasteiger partial charge < -0.3 is 15.0 Å². The molecule has 29 heavy (non-hydrogen) atoms. The second kappa shape index (κ2) is 9.13. The largest absolute Gasteiger partial charge is 0.439 e. The molecule has 0 spiro atoms. The van der Waals surface area contributed by atoms with E-state index in [1.807, 2.05) is 0 Å². The van der Waals surface area contributed by atoms with Crippen LogP contribution in [0, 0.1) is 5.82 Å². The molecule has 1 aliphatic rings. The van der Waals surface area contributed by atoms with Crippen LogP contribution in [0.3, 0.4) is 0 Å². The Bertz CT molecular complexity index is 904. The number of hydrogen-bond acceptors (Lipinski definition) is 5. The number of benzene rings is 1. The first-order valence-electron chi connectivity index (χ1n) is 9.13. The van der Waals surface area contributed by atoms with Crippen molar-refractivity contribution in [2.45, 2.75) is 19.4 Å². The van der Waals surface area contributed by atoms with Crippen molar-refractivity contribution in [3.8, 4) is 11.6 Å². The molecule has 1 aliphatic heterocycles. The van der Waals surface area contributed by atoms with Crippen LogP contribution in [0.15, 0.2) is 42.6 Å². The van der Waals surface area contributed by atoms with Crippen LogP contribution in [0.4, 0.5) is 9.18 Å². The molecule has 2 heterocycles. The highest BCUT2D eigenvalue weighted by Crippen LogP contribution is 2.20. The number of nitrogens with zero attached hydrogens (tertiary/aromatic N) is 3. The molecular weight excluding hydrogens is 379 g/mol. The number of aromatic nitrogens is 1. The van der Waals surface area contributed by atoms with Crippen molar-refractivity contribution in [2.24, 2.45) is 0 Å². The summed E-state index contributed by atoms with van der Waals surface area (Å²) in [5.74, 6) is 0.00108. The topological polar surface area (TPSA) is 91.8 Å². The van der Waals surface area contributed by atoms with E-state index in [-0.39, 0.29) is 49.7 Å². The zero-order valence-corrected chi connectivity index (χ0v) is 15.9. The van der Waals surface area contributed by atoms with Crippen LogP contribution in [-0.4, -0.2) is 52.8 Å². The molecule has 1 saturated heterocycles. The van der Waals surface area contributed by atoms with Gasteiger partial charge in [0.2, 0.25) is 17.7 Å². The fourth-order valence-electron chi connectivity index (χ4n) is 2.82. The van der Waals surface area contributed by atoms with E-state index in [9.17, 15) is 18.8 Å². The number of imide groups is 1. The summed E-state index contributed by atoms with van der Waals surface area (Å²) in [6.07, 6.45) is 2.15. The van der Waals surface area contributed by atoms with Crippen LogP contribution in [-0.2, 0) is 16.1 Å². The number of halogens is 1. The molecule has 1 fully saturated rings. The van der Waals surface area contributed by atoms with E-state index in [0.717, 1.165) is 10.5 Å². The molecule has 0 radical (unpaired) electrons. The first-order chi connectivity index (χ1) is 13.9. The van der Waals surface area contributed by atoms with E-state index in [4.69, 9.17) is 4.74 Å². The summed E-state index contributed by atoms with van der Waals surface area (Å²) in [5, 5.41) is 2.78. The molecule has 0 bridgehead atoms. The number of amides is 4. The molecule has 3 rings (SSSR count). The fourth-order valence-corrected chi connectivity index (χ4v) is 2.82. The monoisotopic (exact) mass is 400 g/mol. The third-order valence-electron chi connectivity index (χ3n) is 4.34. The maximum atomic E-state index is 12.9. The lowest BCUT2D eigenvalue weighted by molar-refractivity contribution is -0.126. The minimum atomic E-state index is -0.354. The Kier molecular flexibility index (Phi) is 6.38. The van der Waals surface area contributed by atoms with Gasteiger partial charge in [-0.3, -0.25) is 14.5 Å². The van der Waals surface area contributed by atoms with Crippen molar-refractivity contribution in [3.05, 3.63) is 54.0 Å². The maximum absolute atomic E-state index is 12.9. The summed E-state index contributed by atoms with van der Waals surface area (Å²) >= 11 is 0. The molecule has 1 aromatic carbocycles. The van der Waals surface area contributed by atoms with E-state index in [2.05, 4.69) is 10.3 Å². The number of likely N-dealkylation sites (N-methyl/N-ethyl adjacent to an activating group) is 1. The van der Waals surface area contributed by atoms with Crippen LogP contribution >= 0.6 is 0 Å². The normalized spacial score (nSPS) is 13.7. The molecule has 0 unspecified atom stereocenters. The summed E-state index contributed by atoms with van der Waals surface area (Å²) < 4.78 is 18.5. The van der Waals surface area contributed by atoms with Crippen LogP contribution in [0.1, 0.15) is 18.4 Å². The number of rotatable bonds is 8. The number of carbonyl (C=O) groups excluding carboxylic acids is 3. The Morgan fingerprint density at radius 3 is 2.69 bits per heavy atom. The second-order valence-electron chi connectivity index (χ2n) is 6.62. The molecule has 2 aromatic rings. The SMILES string of the molecule is CN1CC(=O)N(CCCC(=O)NCc2ccnc(Oc3ccc(F)cc3)c2)C1=O. The maximum Gasteiger partial charge on any atom is 0.326 e. The van der Waals surface area contributed by atoms with Gasteiger partial charge in [0.25, 0.3) is 0 Å². The predicted octanol–water partition coefficient (Wildman–Crippen LogP) is 2.30. The molecule has 9 heteroatoms. The van der Waals surface area contributed by atoms with E-state index in [0.29, 0.717) is 18.1 Å². The first-order valence-corrected chi connectivity index (χ1v) is 9.13. The van der Waals surface area contributed by atoms with Crippen molar-refractivity contribution in [2.75, 3.05) is 20.1 Å². The number of carbonyl (C=O) groups is 3. The molecule has 0 saturated carbocycles. The Balaban J connectivity index is 1.43. The van der Waals surface area contributed by atoms with Crippen molar-refractivity contribution in [1.29, 1.82) is 0 Å². The highest BCUT2D eigenvalue weighted by atomic mass is 19.1. The van der Waals surface area contributed by atoms with Crippen LogP contribution in [0.2, 0.25) is 0 Å². The van der Waals surface area contributed by atoms with Gasteiger partial charge in [0.05, 0.1) is 0 Å². The molecular formula is C20H21FN4O4. The quantitative estimate of drug-likeness (QED) is 0.687. The Hall–Kier alpha value is -3.49. The van der Waals surface area contributed by atoms with Gasteiger partial charge in [0, 0.05) is 38.8 Å². The van der Waals surface area contributed by atoms with Crippen LogP contribution < -0.4 is 10.1 Å². The predicted molar refractivity (Wildman–Crippen MR) is 102 cm³/mol. The number of ether oxygens (including phenoxy) is 1. The lowest BCUT2D eigenvalue weighted by Gasteiger charge is -2.13. The zero-order valence-electron chi connectivity index (χ0n) is 15.9. The smallest absolute Gasteiger partial charge is 0.326 e. The van der Waals surface area contributed by atoms with Crippen molar-refractivity contribution < 1.29 is 23.5 Å². The Morgan fingerprint density at radius 1 is 1.24 bits per heavy atom. The Labute approximate surface area is 167 Å². The summed E-state index contributed by atoms with van der Waals surface area (Å²) in [7, 11) is 1.57. The standard InChI is InChI=1S/C20H21FN4O4/c1-24-13-19(27)25(20(24)28)10-2-3-17(26)23-12-14-8-9-22-18(11-14)29-16-6-4-15(21)5-7-16/h4-9,11H,2-3,10,12-13H2,1H3,(H,23,26). The zero-order chi connectivity index (χ0) is 20.8. The van der Waals surface area contributed by atoms with Gasteiger partial charge in [-0.15, -0.1) is 0 Å². The van der Waals surface area contributed by atoms with Crippen molar-refractivity contribution in [1.82, 2.24) is 20.1 Å². The van der Waals surface area contributed by atoms with Crippen molar-refractivity contribution >= 4 is 17.8 Å². The molecule has 152 valence electrons. The summed E-state index contributed by atoms with van der Waals surface area (Å²) in [4.78, 5) is 42.1. The van der Waals surface area contributed by atoms with Gasteiger partial charge in [-0.2, -0.15) is 0 Å². The van der Waals surface area contributed by atoms with Crippen LogP contribution in [0.5, 0.6) is 11.6 Å². The molecule has 1 aromatic heterocycles. The minimum absolute atomic E-state index is 0.0788. The lowest BCUT2D eigenvalue weighted by Crippen LogP contribution is -2.33. The average molecular weight is 400 g/mol. The molecule has 8 nitrogen and oxygen atoms in total. The summed E-state index contributed by atoms with van der Waals surface area (Å²) in [5.41, 5.74) is 0.789. The van der Waals surface area contributed by atoms with Crippen LogP contribution in [0.25, 0.3) is 0 Å². The Morgan fingerprint density at radius 2 is 2.00 bits per heavy atom.